The first kappa shape index (κ1) is 27.8. The molecular weight excluding hydrogens is 539 g/mol. The molecule has 0 aliphatic rings. The van der Waals surface area contributed by atoms with Gasteiger partial charge in [0, 0.05) is 29.3 Å². The Morgan fingerprint density at radius 1 is 1.03 bits per heavy atom. The number of nitrogens with zero attached hydrogens (tertiary/aromatic N) is 1. The number of carbonyl (C=O) groups excluding carboxylic acids is 1. The smallest absolute Gasteiger partial charge is 0.497 e. The van der Waals surface area contributed by atoms with Crippen LogP contribution in [0.2, 0.25) is 5.02 Å². The number of carbonyl (C=O) groups is 2. The SMILES string of the molecule is COc1ccc(C(=O)c2c(C)n(Cc3cccc(O[C@@H](C)C(=O)O)c3)c3cc(OC(F)(F)F)ccc23)c(Cl)c1. The van der Waals surface area contributed by atoms with Gasteiger partial charge in [-0.15, -0.1) is 13.2 Å². The van der Waals surface area contributed by atoms with Gasteiger partial charge in [-0.3, -0.25) is 4.79 Å². The van der Waals surface area contributed by atoms with Gasteiger partial charge in [-0.25, -0.2) is 4.79 Å². The highest BCUT2D eigenvalue weighted by atomic mass is 35.5. The van der Waals surface area contributed by atoms with Gasteiger partial charge in [-0.05, 0) is 61.9 Å². The number of aliphatic carboxylic acids is 1. The lowest BCUT2D eigenvalue weighted by Gasteiger charge is -2.14. The maximum absolute atomic E-state index is 13.7. The summed E-state index contributed by atoms with van der Waals surface area (Å²) < 4.78 is 55.3. The molecule has 11 heteroatoms. The summed E-state index contributed by atoms with van der Waals surface area (Å²) in [5.41, 5.74) is 1.94. The monoisotopic (exact) mass is 561 g/mol. The van der Waals surface area contributed by atoms with E-state index in [9.17, 15) is 22.8 Å². The predicted octanol–water partition coefficient (Wildman–Crippen LogP) is 6.64. The molecule has 0 bridgehead atoms. The third-order valence-electron chi connectivity index (χ3n) is 6.08. The Bertz CT molecular complexity index is 1560. The minimum atomic E-state index is -4.90. The number of ketones is 1. The minimum Gasteiger partial charge on any atom is -0.497 e. The lowest BCUT2D eigenvalue weighted by Crippen LogP contribution is -2.22. The zero-order valence-electron chi connectivity index (χ0n) is 21.0. The van der Waals surface area contributed by atoms with Gasteiger partial charge in [-0.2, -0.15) is 0 Å². The number of alkyl halides is 3. The van der Waals surface area contributed by atoms with Crippen LogP contribution in [-0.4, -0.2) is 41.0 Å². The standard InChI is InChI=1S/C28H23ClF3NO6/c1-15-25(26(34)21-9-7-18(37-3)12-23(21)29)22-10-8-20(39-28(30,31)32)13-24(22)33(15)14-17-5-4-6-19(11-17)38-16(2)27(35)36/h4-13,16H,14H2,1-3H3,(H,35,36)/t16-/m0/s1. The Labute approximate surface area is 226 Å². The van der Waals surface area contributed by atoms with Gasteiger partial charge in [0.2, 0.25) is 0 Å². The Kier molecular flexibility index (Phi) is 7.78. The second-order valence-electron chi connectivity index (χ2n) is 8.69. The Hall–Kier alpha value is -4.18. The van der Waals surface area contributed by atoms with E-state index < -0.39 is 30.0 Å². The second kappa shape index (κ2) is 10.9. The summed E-state index contributed by atoms with van der Waals surface area (Å²) >= 11 is 6.36. The van der Waals surface area contributed by atoms with Gasteiger partial charge in [-0.1, -0.05) is 23.7 Å². The average Bonchev–Trinajstić information content (AvgIpc) is 3.13. The fourth-order valence-electron chi connectivity index (χ4n) is 4.24. The number of methoxy groups -OCH3 is 1. The van der Waals surface area contributed by atoms with E-state index in [1.54, 1.807) is 41.8 Å². The number of fused-ring (bicyclic) bond motifs is 1. The number of benzene rings is 3. The number of ether oxygens (including phenoxy) is 3. The zero-order chi connectivity index (χ0) is 28.5. The Balaban J connectivity index is 1.83. The lowest BCUT2D eigenvalue weighted by molar-refractivity contribution is -0.274. The molecule has 0 spiro atoms. The molecule has 0 saturated heterocycles. The zero-order valence-corrected chi connectivity index (χ0v) is 21.8. The van der Waals surface area contributed by atoms with Crippen LogP contribution in [0.4, 0.5) is 13.2 Å². The van der Waals surface area contributed by atoms with Crippen molar-refractivity contribution in [3.8, 4) is 17.2 Å². The molecule has 0 saturated carbocycles. The van der Waals surface area contributed by atoms with E-state index in [1.807, 2.05) is 0 Å². The number of halogens is 4. The van der Waals surface area contributed by atoms with Crippen molar-refractivity contribution in [2.75, 3.05) is 7.11 Å². The van der Waals surface area contributed by atoms with Crippen molar-refractivity contribution in [1.82, 2.24) is 4.57 Å². The van der Waals surface area contributed by atoms with E-state index in [2.05, 4.69) is 4.74 Å². The topological polar surface area (TPSA) is 87.0 Å². The van der Waals surface area contributed by atoms with E-state index in [4.69, 9.17) is 26.2 Å². The first-order chi connectivity index (χ1) is 18.4. The van der Waals surface area contributed by atoms with Gasteiger partial charge >= 0.3 is 12.3 Å². The molecule has 3 aromatic carbocycles. The van der Waals surface area contributed by atoms with Gasteiger partial charge in [0.15, 0.2) is 11.9 Å². The molecule has 1 aromatic heterocycles. The molecular formula is C28H23ClF3NO6. The molecule has 0 aliphatic heterocycles. The number of rotatable bonds is 9. The fraction of sp³-hybridized carbons (Fsp3) is 0.214. The summed E-state index contributed by atoms with van der Waals surface area (Å²) in [7, 11) is 1.47. The van der Waals surface area contributed by atoms with Crippen LogP contribution in [-0.2, 0) is 11.3 Å². The van der Waals surface area contributed by atoms with Crippen LogP contribution in [0.5, 0.6) is 17.2 Å². The van der Waals surface area contributed by atoms with Gasteiger partial charge in [0.25, 0.3) is 0 Å². The first-order valence-corrected chi connectivity index (χ1v) is 12.0. The number of aromatic nitrogens is 1. The first-order valence-electron chi connectivity index (χ1n) is 11.6. The van der Waals surface area contributed by atoms with E-state index in [0.717, 1.165) is 6.07 Å². The van der Waals surface area contributed by atoms with E-state index in [1.165, 1.54) is 38.3 Å². The Morgan fingerprint density at radius 2 is 1.74 bits per heavy atom. The van der Waals surface area contributed by atoms with E-state index >= 15 is 0 Å². The third-order valence-corrected chi connectivity index (χ3v) is 6.39. The van der Waals surface area contributed by atoms with Gasteiger partial charge in [0.05, 0.1) is 23.2 Å². The van der Waals surface area contributed by atoms with Gasteiger partial charge in [0.1, 0.15) is 17.2 Å². The van der Waals surface area contributed by atoms with Crippen molar-refractivity contribution in [2.24, 2.45) is 0 Å². The highest BCUT2D eigenvalue weighted by Crippen LogP contribution is 2.35. The molecule has 0 amide bonds. The number of hydrogen-bond donors (Lipinski definition) is 1. The number of carboxylic acids is 1. The summed E-state index contributed by atoms with van der Waals surface area (Å²) in [6.45, 7) is 3.21. The third kappa shape index (κ3) is 6.12. The molecule has 0 radical (unpaired) electrons. The van der Waals surface area contributed by atoms with Crippen molar-refractivity contribution in [3.05, 3.63) is 88.1 Å². The molecule has 4 aromatic rings. The molecule has 0 unspecified atom stereocenters. The van der Waals surface area contributed by atoms with E-state index in [0.29, 0.717) is 33.7 Å². The molecule has 4 rings (SSSR count). The van der Waals surface area contributed by atoms with Crippen LogP contribution < -0.4 is 14.2 Å². The molecule has 1 N–H and O–H groups in total. The summed E-state index contributed by atoms with van der Waals surface area (Å²) in [5, 5.41) is 9.71. The molecule has 1 atom stereocenters. The molecule has 1 heterocycles. The van der Waals surface area contributed by atoms with E-state index in [-0.39, 0.29) is 22.7 Å². The average molecular weight is 562 g/mol. The largest absolute Gasteiger partial charge is 0.573 e. The van der Waals surface area contributed by atoms with Crippen LogP contribution in [0.25, 0.3) is 10.9 Å². The molecule has 39 heavy (non-hydrogen) atoms. The van der Waals surface area contributed by atoms with Crippen LogP contribution in [0.15, 0.2) is 60.7 Å². The quantitative estimate of drug-likeness (QED) is 0.230. The fourth-order valence-corrected chi connectivity index (χ4v) is 4.50. The second-order valence-corrected chi connectivity index (χ2v) is 9.10. The minimum absolute atomic E-state index is 0.139. The highest BCUT2D eigenvalue weighted by Gasteiger charge is 2.32. The van der Waals surface area contributed by atoms with Crippen molar-refractivity contribution < 1.29 is 42.1 Å². The van der Waals surface area contributed by atoms with Crippen LogP contribution in [0.1, 0.15) is 34.1 Å². The summed E-state index contributed by atoms with van der Waals surface area (Å²) in [4.78, 5) is 24.9. The molecule has 0 fully saturated rings. The maximum atomic E-state index is 13.7. The normalized spacial score (nSPS) is 12.3. The predicted molar refractivity (Wildman–Crippen MR) is 138 cm³/mol. The summed E-state index contributed by atoms with van der Waals surface area (Å²) in [6, 6.07) is 15.0. The van der Waals surface area contributed by atoms with Crippen LogP contribution in [0, 0.1) is 6.92 Å². The van der Waals surface area contributed by atoms with Crippen LogP contribution in [0.3, 0.4) is 0 Å². The molecule has 7 nitrogen and oxygen atoms in total. The summed E-state index contributed by atoms with van der Waals surface area (Å²) in [6.07, 6.45) is -5.99. The number of hydrogen-bond acceptors (Lipinski definition) is 5. The highest BCUT2D eigenvalue weighted by molar-refractivity contribution is 6.35. The Morgan fingerprint density at radius 3 is 2.38 bits per heavy atom. The summed E-state index contributed by atoms with van der Waals surface area (Å²) in [5.74, 6) is -1.23. The number of carboxylic acid groups (broad SMARTS) is 1. The van der Waals surface area contributed by atoms with Crippen molar-refractivity contribution in [1.29, 1.82) is 0 Å². The van der Waals surface area contributed by atoms with Crippen molar-refractivity contribution in [2.45, 2.75) is 32.9 Å². The van der Waals surface area contributed by atoms with Crippen molar-refractivity contribution in [3.63, 3.8) is 0 Å². The molecule has 204 valence electrons. The molecule has 0 aliphatic carbocycles. The van der Waals surface area contributed by atoms with Gasteiger partial charge < -0.3 is 23.9 Å². The maximum Gasteiger partial charge on any atom is 0.573 e. The van der Waals surface area contributed by atoms with Crippen LogP contribution >= 0.6 is 11.6 Å². The lowest BCUT2D eigenvalue weighted by atomic mass is 10.00. The van der Waals surface area contributed by atoms with Crippen molar-refractivity contribution >= 4 is 34.3 Å².